The van der Waals surface area contributed by atoms with Crippen molar-refractivity contribution in [3.8, 4) is 0 Å². The highest BCUT2D eigenvalue weighted by Gasteiger charge is 2.24. The van der Waals surface area contributed by atoms with Gasteiger partial charge in [0.2, 0.25) is 5.95 Å². The molecule has 5 rings (SSSR count). The fraction of sp³-hybridized carbons (Fsp3) is 0.269. The van der Waals surface area contributed by atoms with E-state index in [1.165, 1.54) is 10.1 Å². The maximum atomic E-state index is 12.8. The van der Waals surface area contributed by atoms with E-state index in [0.717, 1.165) is 38.3 Å². The molecule has 1 aliphatic rings. The highest BCUT2D eigenvalue weighted by atomic mass is 35.5. The molecule has 2 aromatic carbocycles. The van der Waals surface area contributed by atoms with E-state index in [4.69, 9.17) is 16.6 Å². The molecule has 1 fully saturated rings. The normalized spacial score (nSPS) is 14.9. The highest BCUT2D eigenvalue weighted by Crippen LogP contribution is 2.23. The molecule has 1 aliphatic heterocycles. The fourth-order valence-electron chi connectivity index (χ4n) is 4.46. The maximum Gasteiger partial charge on any atom is 0.329 e. The number of anilines is 1. The Morgan fingerprint density at radius 2 is 1.80 bits per heavy atom. The molecule has 8 nitrogen and oxygen atoms in total. The van der Waals surface area contributed by atoms with Gasteiger partial charge in [0.05, 0.1) is 6.54 Å². The Labute approximate surface area is 207 Å². The van der Waals surface area contributed by atoms with Crippen LogP contribution in [0.4, 0.5) is 5.95 Å². The number of nitrogens with zero attached hydrogens (tertiary/aromatic N) is 5. The predicted molar refractivity (Wildman–Crippen MR) is 140 cm³/mol. The third-order valence-electron chi connectivity index (χ3n) is 6.35. The summed E-state index contributed by atoms with van der Waals surface area (Å²) in [7, 11) is 1.62. The molecule has 180 valence electrons. The number of hydrogen-bond donors (Lipinski definition) is 1. The molecule has 0 aliphatic carbocycles. The Bertz CT molecular complexity index is 1480. The lowest BCUT2D eigenvalue weighted by Gasteiger charge is -2.35. The number of benzene rings is 2. The van der Waals surface area contributed by atoms with Crippen molar-refractivity contribution in [1.82, 2.24) is 24.0 Å². The van der Waals surface area contributed by atoms with Crippen LogP contribution in [-0.2, 0) is 13.6 Å². The third-order valence-corrected chi connectivity index (χ3v) is 6.58. The van der Waals surface area contributed by atoms with Gasteiger partial charge in [-0.15, -0.1) is 0 Å². The van der Waals surface area contributed by atoms with E-state index in [-0.39, 0.29) is 0 Å². The SMILES string of the molecule is Cn1c(=O)[nH]c(=O)c2c1nc(N1CCN(C/C=C\c3ccccc3)CC1)n2Cc1cccc(Cl)c1. The van der Waals surface area contributed by atoms with E-state index in [1.807, 2.05) is 47.0 Å². The number of halogens is 1. The van der Waals surface area contributed by atoms with Crippen molar-refractivity contribution in [2.45, 2.75) is 6.54 Å². The first kappa shape index (κ1) is 23.1. The van der Waals surface area contributed by atoms with Gasteiger partial charge in [0.15, 0.2) is 11.2 Å². The number of H-pyrrole nitrogens is 1. The average Bonchev–Trinajstić information content (AvgIpc) is 3.23. The largest absolute Gasteiger partial charge is 0.340 e. The van der Waals surface area contributed by atoms with Gasteiger partial charge in [0.1, 0.15) is 0 Å². The minimum absolute atomic E-state index is 0.379. The van der Waals surface area contributed by atoms with Crippen LogP contribution in [-0.4, -0.2) is 56.7 Å². The second-order valence-corrected chi connectivity index (χ2v) is 9.16. The Balaban J connectivity index is 1.40. The van der Waals surface area contributed by atoms with Crippen LogP contribution in [0.5, 0.6) is 0 Å². The van der Waals surface area contributed by atoms with Crippen molar-refractivity contribution in [1.29, 1.82) is 0 Å². The van der Waals surface area contributed by atoms with Crippen LogP contribution in [0, 0.1) is 0 Å². The van der Waals surface area contributed by atoms with Crippen LogP contribution in [0.3, 0.4) is 0 Å². The molecule has 2 aromatic heterocycles. The predicted octanol–water partition coefficient (Wildman–Crippen LogP) is 2.96. The first-order chi connectivity index (χ1) is 17.0. The van der Waals surface area contributed by atoms with Gasteiger partial charge < -0.3 is 4.90 Å². The molecule has 0 saturated carbocycles. The van der Waals surface area contributed by atoms with Gasteiger partial charge >= 0.3 is 5.69 Å². The van der Waals surface area contributed by atoms with Gasteiger partial charge in [-0.05, 0) is 23.3 Å². The second kappa shape index (κ2) is 9.93. The van der Waals surface area contributed by atoms with E-state index in [1.54, 1.807) is 7.05 Å². The molecule has 0 spiro atoms. The van der Waals surface area contributed by atoms with Crippen molar-refractivity contribution in [2.24, 2.45) is 7.05 Å². The molecular formula is C26H27ClN6O2. The number of aryl methyl sites for hydroxylation is 1. The number of fused-ring (bicyclic) bond motifs is 1. The zero-order valence-corrected chi connectivity index (χ0v) is 20.3. The number of aromatic nitrogens is 4. The number of aromatic amines is 1. The molecule has 0 bridgehead atoms. The first-order valence-electron chi connectivity index (χ1n) is 11.6. The van der Waals surface area contributed by atoms with Gasteiger partial charge in [-0.25, -0.2) is 4.79 Å². The lowest BCUT2D eigenvalue weighted by atomic mass is 10.2. The molecule has 0 radical (unpaired) electrons. The molecule has 0 unspecified atom stereocenters. The zero-order valence-electron chi connectivity index (χ0n) is 19.5. The number of hydrogen-bond acceptors (Lipinski definition) is 5. The van der Waals surface area contributed by atoms with Crippen molar-refractivity contribution in [3.63, 3.8) is 0 Å². The smallest absolute Gasteiger partial charge is 0.329 e. The minimum atomic E-state index is -0.475. The van der Waals surface area contributed by atoms with E-state index in [9.17, 15) is 9.59 Å². The fourth-order valence-corrected chi connectivity index (χ4v) is 4.68. The maximum absolute atomic E-state index is 12.8. The molecule has 9 heteroatoms. The van der Waals surface area contributed by atoms with Crippen molar-refractivity contribution in [3.05, 3.63) is 97.7 Å². The molecular weight excluding hydrogens is 464 g/mol. The zero-order chi connectivity index (χ0) is 24.4. The number of imidazole rings is 1. The van der Waals surface area contributed by atoms with Gasteiger partial charge in [0, 0.05) is 44.8 Å². The van der Waals surface area contributed by atoms with Crippen molar-refractivity contribution >= 4 is 34.8 Å². The van der Waals surface area contributed by atoms with Crippen LogP contribution in [0.25, 0.3) is 17.2 Å². The summed E-state index contributed by atoms with van der Waals surface area (Å²) < 4.78 is 3.28. The van der Waals surface area contributed by atoms with E-state index in [0.29, 0.717) is 28.7 Å². The lowest BCUT2D eigenvalue weighted by Crippen LogP contribution is -2.47. The molecule has 3 heterocycles. The first-order valence-corrected chi connectivity index (χ1v) is 12.0. The summed E-state index contributed by atoms with van der Waals surface area (Å²) in [6, 6.07) is 17.8. The van der Waals surface area contributed by atoms with E-state index >= 15 is 0 Å². The van der Waals surface area contributed by atoms with Crippen LogP contribution in [0.1, 0.15) is 11.1 Å². The van der Waals surface area contributed by atoms with Crippen LogP contribution in [0.2, 0.25) is 5.02 Å². The third kappa shape index (κ3) is 4.94. The summed E-state index contributed by atoms with van der Waals surface area (Å²) in [5.74, 6) is 0.686. The summed E-state index contributed by atoms with van der Waals surface area (Å²) >= 11 is 6.21. The Hall–Kier alpha value is -3.62. The lowest BCUT2D eigenvalue weighted by molar-refractivity contribution is 0.282. The number of piperazine rings is 1. The molecule has 1 saturated heterocycles. The highest BCUT2D eigenvalue weighted by molar-refractivity contribution is 6.30. The van der Waals surface area contributed by atoms with Gasteiger partial charge in [0.25, 0.3) is 5.56 Å². The van der Waals surface area contributed by atoms with Gasteiger partial charge in [-0.2, -0.15) is 4.98 Å². The van der Waals surface area contributed by atoms with Crippen molar-refractivity contribution < 1.29 is 0 Å². The molecule has 1 N–H and O–H groups in total. The van der Waals surface area contributed by atoms with Crippen LogP contribution >= 0.6 is 11.6 Å². The molecule has 0 amide bonds. The molecule has 4 aromatic rings. The topological polar surface area (TPSA) is 79.2 Å². The van der Waals surface area contributed by atoms with Crippen LogP contribution < -0.4 is 16.1 Å². The number of rotatable bonds is 6. The molecule has 0 atom stereocenters. The quantitative estimate of drug-likeness (QED) is 0.449. The van der Waals surface area contributed by atoms with Gasteiger partial charge in [-0.3, -0.25) is 23.8 Å². The molecule has 35 heavy (non-hydrogen) atoms. The van der Waals surface area contributed by atoms with Crippen molar-refractivity contribution in [2.75, 3.05) is 37.6 Å². The monoisotopic (exact) mass is 490 g/mol. The minimum Gasteiger partial charge on any atom is -0.340 e. The Morgan fingerprint density at radius 3 is 2.54 bits per heavy atom. The summed E-state index contributed by atoms with van der Waals surface area (Å²) in [4.78, 5) is 36.8. The second-order valence-electron chi connectivity index (χ2n) is 8.72. The standard InChI is InChI=1S/C26H27ClN6O2/c1-30-23-22(24(34)29-26(30)35)33(18-20-9-5-11-21(27)17-20)25(28-23)32-15-13-31(14-16-32)12-6-10-19-7-3-2-4-8-19/h2-11,17H,12-16,18H2,1H3,(H,29,34,35)/b10-6-. The average molecular weight is 491 g/mol. The summed E-state index contributed by atoms with van der Waals surface area (Å²) in [6.45, 7) is 4.57. The number of nitrogens with one attached hydrogen (secondary N) is 1. The van der Waals surface area contributed by atoms with Crippen LogP contribution in [0.15, 0.2) is 70.3 Å². The van der Waals surface area contributed by atoms with Gasteiger partial charge in [-0.1, -0.05) is 66.2 Å². The summed E-state index contributed by atoms with van der Waals surface area (Å²) in [5.41, 5.74) is 2.00. The van der Waals surface area contributed by atoms with E-state index in [2.05, 4.69) is 39.1 Å². The Morgan fingerprint density at radius 1 is 1.03 bits per heavy atom. The summed E-state index contributed by atoms with van der Waals surface area (Å²) in [6.07, 6.45) is 4.33. The van der Waals surface area contributed by atoms with E-state index < -0.39 is 11.2 Å². The summed E-state index contributed by atoms with van der Waals surface area (Å²) in [5, 5.41) is 0.631. The Kier molecular flexibility index (Phi) is 6.57.